The van der Waals surface area contributed by atoms with Crippen molar-refractivity contribution in [3.8, 4) is 22.2 Å². The van der Waals surface area contributed by atoms with Crippen LogP contribution in [0.2, 0.25) is 0 Å². The first-order valence-corrected chi connectivity index (χ1v) is 9.72. The maximum Gasteiger partial charge on any atom is 0.336 e. The quantitative estimate of drug-likeness (QED) is 0.440. The van der Waals surface area contributed by atoms with Crippen LogP contribution in [0.15, 0.2) is 67.1 Å². The normalized spacial score (nSPS) is 11.2. The summed E-state index contributed by atoms with van der Waals surface area (Å²) in [6.07, 6.45) is 5.40. The second-order valence-electron chi connectivity index (χ2n) is 6.59. The van der Waals surface area contributed by atoms with Crippen LogP contribution in [-0.4, -0.2) is 25.6 Å². The number of ether oxygens (including phenoxy) is 1. The van der Waals surface area contributed by atoms with Crippen molar-refractivity contribution in [1.82, 2.24) is 14.5 Å². The summed E-state index contributed by atoms with van der Waals surface area (Å²) in [5.74, 6) is 1.28. The van der Waals surface area contributed by atoms with Gasteiger partial charge in [0.15, 0.2) is 0 Å². The molecule has 1 N–H and O–H groups in total. The van der Waals surface area contributed by atoms with Gasteiger partial charge in [0.05, 0.1) is 20.7 Å². The maximum absolute atomic E-state index is 11.4. The lowest BCUT2D eigenvalue weighted by molar-refractivity contribution is 0.0699. The van der Waals surface area contributed by atoms with Gasteiger partial charge in [-0.25, -0.2) is 9.78 Å². The molecule has 5 aromatic rings. The van der Waals surface area contributed by atoms with Gasteiger partial charge in [-0.15, -0.1) is 11.3 Å². The van der Waals surface area contributed by atoms with Crippen LogP contribution in [0.5, 0.6) is 11.5 Å². The summed E-state index contributed by atoms with van der Waals surface area (Å²) >= 11 is 1.58. The van der Waals surface area contributed by atoms with Crippen molar-refractivity contribution in [2.45, 2.75) is 0 Å². The average Bonchev–Trinajstić information content (AvgIpc) is 3.33. The molecule has 0 aliphatic rings. The Morgan fingerprint density at radius 3 is 2.79 bits per heavy atom. The molecule has 3 aromatic heterocycles. The number of carbonyl (C=O) groups is 1. The highest BCUT2D eigenvalue weighted by molar-refractivity contribution is 7.22. The zero-order valence-electron chi connectivity index (χ0n) is 15.4. The molecule has 0 saturated heterocycles. The average molecular weight is 401 g/mol. The number of hydrogen-bond acceptors (Lipinski definition) is 5. The highest BCUT2D eigenvalue weighted by atomic mass is 32.1. The smallest absolute Gasteiger partial charge is 0.336 e. The van der Waals surface area contributed by atoms with Gasteiger partial charge in [-0.3, -0.25) is 4.98 Å². The fourth-order valence-electron chi connectivity index (χ4n) is 3.35. The topological polar surface area (TPSA) is 77.2 Å². The van der Waals surface area contributed by atoms with Gasteiger partial charge in [-0.2, -0.15) is 0 Å². The molecule has 0 radical (unpaired) electrons. The number of rotatable bonds is 4. The van der Waals surface area contributed by atoms with Gasteiger partial charge in [0.25, 0.3) is 0 Å². The van der Waals surface area contributed by atoms with Gasteiger partial charge in [0.2, 0.25) is 0 Å². The molecule has 0 aliphatic heterocycles. The van der Waals surface area contributed by atoms with Crippen molar-refractivity contribution >= 4 is 38.3 Å². The molecule has 0 spiro atoms. The number of thiophene rings is 1. The van der Waals surface area contributed by atoms with E-state index in [-0.39, 0.29) is 5.56 Å². The summed E-state index contributed by atoms with van der Waals surface area (Å²) < 4.78 is 9.06. The third kappa shape index (κ3) is 3.01. The molecule has 0 amide bonds. The summed E-state index contributed by atoms with van der Waals surface area (Å²) in [6, 6.07) is 14.5. The third-order valence-corrected chi connectivity index (χ3v) is 5.86. The van der Waals surface area contributed by atoms with E-state index < -0.39 is 5.97 Å². The number of nitrogens with zero attached hydrogens (tertiary/aromatic N) is 3. The van der Waals surface area contributed by atoms with Gasteiger partial charge >= 0.3 is 5.97 Å². The minimum Gasteiger partial charge on any atom is -0.478 e. The highest BCUT2D eigenvalue weighted by Crippen LogP contribution is 2.39. The molecule has 0 saturated carbocycles. The molecule has 3 heterocycles. The molecule has 0 unspecified atom stereocenters. The maximum atomic E-state index is 11.4. The second kappa shape index (κ2) is 6.72. The van der Waals surface area contributed by atoms with Gasteiger partial charge in [-0.05, 0) is 41.1 Å². The first-order valence-electron chi connectivity index (χ1n) is 8.90. The Balaban J connectivity index is 1.56. The fourth-order valence-corrected chi connectivity index (χ4v) is 4.45. The molecule has 142 valence electrons. The Morgan fingerprint density at radius 1 is 1.10 bits per heavy atom. The summed E-state index contributed by atoms with van der Waals surface area (Å²) in [4.78, 5) is 21.3. The monoisotopic (exact) mass is 401 g/mol. The molecule has 0 aliphatic carbocycles. The number of pyridine rings is 1. The molecule has 2 aromatic carbocycles. The van der Waals surface area contributed by atoms with Crippen LogP contribution >= 0.6 is 11.3 Å². The van der Waals surface area contributed by atoms with E-state index in [1.165, 1.54) is 0 Å². The van der Waals surface area contributed by atoms with Crippen molar-refractivity contribution in [1.29, 1.82) is 0 Å². The van der Waals surface area contributed by atoms with Crippen molar-refractivity contribution < 1.29 is 14.6 Å². The van der Waals surface area contributed by atoms with Crippen LogP contribution in [0.25, 0.3) is 31.7 Å². The molecular formula is C22H15N3O3S. The van der Waals surface area contributed by atoms with E-state index in [0.717, 1.165) is 26.3 Å². The number of imidazole rings is 1. The minimum atomic E-state index is -0.944. The van der Waals surface area contributed by atoms with Crippen molar-refractivity contribution in [2.24, 2.45) is 7.05 Å². The largest absolute Gasteiger partial charge is 0.478 e. The number of fused-ring (bicyclic) bond motifs is 2. The molecule has 0 bridgehead atoms. The highest BCUT2D eigenvalue weighted by Gasteiger charge is 2.14. The first kappa shape index (κ1) is 17.4. The number of carboxylic acids is 1. The summed E-state index contributed by atoms with van der Waals surface area (Å²) in [6.45, 7) is 0. The third-order valence-electron chi connectivity index (χ3n) is 4.73. The van der Waals surface area contributed by atoms with Crippen LogP contribution in [-0.2, 0) is 7.05 Å². The first-order chi connectivity index (χ1) is 14.1. The Morgan fingerprint density at radius 2 is 2.00 bits per heavy atom. The lowest BCUT2D eigenvalue weighted by atomic mass is 10.0. The number of aromatic nitrogens is 3. The number of benzene rings is 2. The summed E-state index contributed by atoms with van der Waals surface area (Å²) in [5, 5.41) is 10.9. The van der Waals surface area contributed by atoms with E-state index in [1.807, 2.05) is 42.1 Å². The lowest BCUT2D eigenvalue weighted by Crippen LogP contribution is -1.97. The van der Waals surface area contributed by atoms with Crippen LogP contribution < -0.4 is 4.74 Å². The number of carboxylic acid groups (broad SMARTS) is 1. The van der Waals surface area contributed by atoms with Crippen molar-refractivity contribution in [2.75, 3.05) is 0 Å². The fraction of sp³-hybridized carbons (Fsp3) is 0.0455. The molecule has 5 rings (SSSR count). The summed E-state index contributed by atoms with van der Waals surface area (Å²) in [7, 11) is 1.96. The number of aryl methyl sites for hydroxylation is 1. The Labute approximate surface area is 169 Å². The zero-order valence-corrected chi connectivity index (χ0v) is 16.2. The Bertz CT molecular complexity index is 1390. The van der Waals surface area contributed by atoms with Crippen LogP contribution in [0.4, 0.5) is 0 Å². The SMILES string of the molecule is Cn1ccnc1-c1cc2nccc(Oc3ccc4c(C(=O)O)cccc4c3)c2s1. The van der Waals surface area contributed by atoms with Gasteiger partial charge in [-0.1, -0.05) is 12.1 Å². The number of hydrogen-bond donors (Lipinski definition) is 1. The molecule has 0 atom stereocenters. The van der Waals surface area contributed by atoms with E-state index in [0.29, 0.717) is 16.9 Å². The zero-order chi connectivity index (χ0) is 20.0. The summed E-state index contributed by atoms with van der Waals surface area (Å²) in [5.41, 5.74) is 1.12. The second-order valence-corrected chi connectivity index (χ2v) is 7.64. The lowest BCUT2D eigenvalue weighted by Gasteiger charge is -2.09. The number of aromatic carboxylic acids is 1. The van der Waals surface area contributed by atoms with E-state index in [2.05, 4.69) is 9.97 Å². The Kier molecular flexibility index (Phi) is 4.03. The van der Waals surface area contributed by atoms with Crippen LogP contribution in [0.1, 0.15) is 10.4 Å². The van der Waals surface area contributed by atoms with E-state index in [9.17, 15) is 9.90 Å². The predicted octanol–water partition coefficient (Wildman–Crippen LogP) is 5.34. The molecular weight excluding hydrogens is 386 g/mol. The van der Waals surface area contributed by atoms with Crippen molar-refractivity contribution in [3.05, 3.63) is 72.7 Å². The van der Waals surface area contributed by atoms with Crippen LogP contribution in [0, 0.1) is 0 Å². The molecule has 7 heteroatoms. The van der Waals surface area contributed by atoms with Crippen molar-refractivity contribution in [3.63, 3.8) is 0 Å². The van der Waals surface area contributed by atoms with Crippen LogP contribution in [0.3, 0.4) is 0 Å². The van der Waals surface area contributed by atoms with E-state index in [1.54, 1.807) is 48.0 Å². The van der Waals surface area contributed by atoms with Gasteiger partial charge in [0, 0.05) is 31.7 Å². The minimum absolute atomic E-state index is 0.276. The standard InChI is InChI=1S/C22H15N3O3S/c1-25-10-9-24-21(25)19-12-17-20(29-19)18(7-8-23-17)28-14-5-6-15-13(11-14)3-2-4-16(15)22(26)27/h2-12H,1H3,(H,26,27). The molecule has 0 fully saturated rings. The predicted molar refractivity (Wildman–Crippen MR) is 113 cm³/mol. The molecule has 29 heavy (non-hydrogen) atoms. The molecule has 6 nitrogen and oxygen atoms in total. The van der Waals surface area contributed by atoms with Gasteiger partial charge in [0.1, 0.15) is 17.3 Å². The van der Waals surface area contributed by atoms with Gasteiger partial charge < -0.3 is 14.4 Å². The van der Waals surface area contributed by atoms with E-state index >= 15 is 0 Å². The van der Waals surface area contributed by atoms with E-state index in [4.69, 9.17) is 4.74 Å². The Hall–Kier alpha value is -3.71.